The molecule has 0 spiro atoms. The standard InChI is InChI=1S/C14H27N3O/c1-5-14(4,11-18)10-15-7-6-8-17-13(3)9-12(2)16-17/h9,15,18H,5-8,10-11H2,1-4H3. The zero-order valence-electron chi connectivity index (χ0n) is 12.2. The number of hydrogen-bond donors (Lipinski definition) is 2. The number of hydrogen-bond acceptors (Lipinski definition) is 3. The van der Waals surface area contributed by atoms with Gasteiger partial charge in [-0.1, -0.05) is 13.8 Å². The normalized spacial score (nSPS) is 14.7. The summed E-state index contributed by atoms with van der Waals surface area (Å²) in [6, 6.07) is 2.10. The van der Waals surface area contributed by atoms with E-state index in [2.05, 4.69) is 41.9 Å². The van der Waals surface area contributed by atoms with E-state index >= 15 is 0 Å². The van der Waals surface area contributed by atoms with Crippen molar-refractivity contribution in [2.75, 3.05) is 19.7 Å². The van der Waals surface area contributed by atoms with Crippen LogP contribution in [0.5, 0.6) is 0 Å². The van der Waals surface area contributed by atoms with Crippen LogP contribution >= 0.6 is 0 Å². The van der Waals surface area contributed by atoms with Crippen molar-refractivity contribution in [3.8, 4) is 0 Å². The van der Waals surface area contributed by atoms with Gasteiger partial charge in [0.15, 0.2) is 0 Å². The number of nitrogens with zero attached hydrogens (tertiary/aromatic N) is 2. The maximum Gasteiger partial charge on any atom is 0.0596 e. The molecule has 4 heteroatoms. The number of rotatable bonds is 8. The maximum absolute atomic E-state index is 9.30. The molecule has 0 aromatic carbocycles. The Kier molecular flexibility index (Phi) is 5.82. The molecular weight excluding hydrogens is 226 g/mol. The number of aliphatic hydroxyl groups is 1. The molecular formula is C14H27N3O. The topological polar surface area (TPSA) is 50.1 Å². The second-order valence-corrected chi connectivity index (χ2v) is 5.50. The van der Waals surface area contributed by atoms with Gasteiger partial charge in [0.1, 0.15) is 0 Å². The molecule has 1 aromatic heterocycles. The first-order valence-electron chi connectivity index (χ1n) is 6.83. The van der Waals surface area contributed by atoms with Gasteiger partial charge < -0.3 is 10.4 Å². The van der Waals surface area contributed by atoms with Crippen LogP contribution < -0.4 is 5.32 Å². The van der Waals surface area contributed by atoms with E-state index in [4.69, 9.17) is 0 Å². The van der Waals surface area contributed by atoms with Crippen molar-refractivity contribution in [3.63, 3.8) is 0 Å². The summed E-state index contributed by atoms with van der Waals surface area (Å²) in [6.07, 6.45) is 2.06. The first kappa shape index (κ1) is 15.2. The molecule has 1 heterocycles. The van der Waals surface area contributed by atoms with Crippen LogP contribution in [0.4, 0.5) is 0 Å². The van der Waals surface area contributed by atoms with Gasteiger partial charge in [0.2, 0.25) is 0 Å². The summed E-state index contributed by atoms with van der Waals surface area (Å²) in [4.78, 5) is 0. The Morgan fingerprint density at radius 1 is 1.44 bits per heavy atom. The molecule has 1 atom stereocenters. The van der Waals surface area contributed by atoms with Crippen LogP contribution in [0, 0.1) is 19.3 Å². The Morgan fingerprint density at radius 3 is 2.67 bits per heavy atom. The monoisotopic (exact) mass is 253 g/mol. The molecule has 0 aliphatic heterocycles. The number of aryl methyl sites for hydroxylation is 3. The van der Waals surface area contributed by atoms with E-state index in [1.54, 1.807) is 0 Å². The summed E-state index contributed by atoms with van der Waals surface area (Å²) in [7, 11) is 0. The van der Waals surface area contributed by atoms with Gasteiger partial charge in [-0.05, 0) is 39.3 Å². The molecule has 4 nitrogen and oxygen atoms in total. The molecule has 0 aliphatic rings. The number of nitrogens with one attached hydrogen (secondary N) is 1. The smallest absolute Gasteiger partial charge is 0.0596 e. The first-order valence-corrected chi connectivity index (χ1v) is 6.83. The Hall–Kier alpha value is -0.870. The predicted octanol–water partition coefficient (Wildman–Crippen LogP) is 1.89. The minimum atomic E-state index is 0.0121. The van der Waals surface area contributed by atoms with Gasteiger partial charge in [0.25, 0.3) is 0 Å². The average molecular weight is 253 g/mol. The SMILES string of the molecule is CCC(C)(CO)CNCCCn1nc(C)cc1C. The molecule has 104 valence electrons. The molecule has 0 bridgehead atoms. The lowest BCUT2D eigenvalue weighted by Crippen LogP contribution is -2.35. The van der Waals surface area contributed by atoms with Crippen molar-refractivity contribution >= 4 is 0 Å². The molecule has 1 unspecified atom stereocenters. The highest BCUT2D eigenvalue weighted by atomic mass is 16.3. The Labute approximate surface area is 110 Å². The van der Waals surface area contributed by atoms with Crippen molar-refractivity contribution < 1.29 is 5.11 Å². The minimum Gasteiger partial charge on any atom is -0.396 e. The van der Waals surface area contributed by atoms with Gasteiger partial charge in [0, 0.05) is 30.8 Å². The van der Waals surface area contributed by atoms with E-state index in [-0.39, 0.29) is 12.0 Å². The highest BCUT2D eigenvalue weighted by Crippen LogP contribution is 2.18. The third-order valence-electron chi connectivity index (χ3n) is 3.61. The van der Waals surface area contributed by atoms with Crippen molar-refractivity contribution in [3.05, 3.63) is 17.5 Å². The summed E-state index contributed by atoms with van der Waals surface area (Å²) >= 11 is 0. The quantitative estimate of drug-likeness (QED) is 0.696. The highest BCUT2D eigenvalue weighted by molar-refractivity contribution is 5.06. The molecule has 1 aromatic rings. The summed E-state index contributed by atoms with van der Waals surface area (Å²) in [5, 5.41) is 17.2. The Bertz CT molecular complexity index is 356. The van der Waals surface area contributed by atoms with Gasteiger partial charge in [-0.15, -0.1) is 0 Å². The Balaban J connectivity index is 2.21. The van der Waals surface area contributed by atoms with Crippen molar-refractivity contribution in [2.45, 2.75) is 47.1 Å². The fraction of sp³-hybridized carbons (Fsp3) is 0.786. The molecule has 0 fully saturated rings. The van der Waals surface area contributed by atoms with Gasteiger partial charge in [-0.25, -0.2) is 0 Å². The van der Waals surface area contributed by atoms with Crippen LogP contribution in [-0.2, 0) is 6.54 Å². The zero-order chi connectivity index (χ0) is 13.6. The maximum atomic E-state index is 9.30. The number of aliphatic hydroxyl groups excluding tert-OH is 1. The molecule has 0 saturated heterocycles. The van der Waals surface area contributed by atoms with Crippen LogP contribution in [0.2, 0.25) is 0 Å². The minimum absolute atomic E-state index is 0.0121. The molecule has 0 aliphatic carbocycles. The lowest BCUT2D eigenvalue weighted by atomic mass is 9.89. The summed E-state index contributed by atoms with van der Waals surface area (Å²) in [5.41, 5.74) is 2.32. The van der Waals surface area contributed by atoms with Crippen molar-refractivity contribution in [2.24, 2.45) is 5.41 Å². The average Bonchev–Trinajstić information content (AvgIpc) is 2.67. The van der Waals surface area contributed by atoms with Crippen LogP contribution in [0.25, 0.3) is 0 Å². The summed E-state index contributed by atoms with van der Waals surface area (Å²) in [5.74, 6) is 0. The lowest BCUT2D eigenvalue weighted by Gasteiger charge is -2.25. The Morgan fingerprint density at radius 2 is 2.17 bits per heavy atom. The largest absolute Gasteiger partial charge is 0.396 e. The van der Waals surface area contributed by atoms with Crippen molar-refractivity contribution in [1.29, 1.82) is 0 Å². The molecule has 0 saturated carbocycles. The van der Waals surface area contributed by atoms with E-state index in [1.165, 1.54) is 5.69 Å². The predicted molar refractivity (Wildman–Crippen MR) is 74.7 cm³/mol. The van der Waals surface area contributed by atoms with Crippen LogP contribution in [0.3, 0.4) is 0 Å². The molecule has 0 amide bonds. The van der Waals surface area contributed by atoms with Crippen LogP contribution in [0.1, 0.15) is 38.1 Å². The molecule has 2 N–H and O–H groups in total. The highest BCUT2D eigenvalue weighted by Gasteiger charge is 2.19. The fourth-order valence-electron chi connectivity index (χ4n) is 1.94. The van der Waals surface area contributed by atoms with Crippen LogP contribution in [-0.4, -0.2) is 34.6 Å². The summed E-state index contributed by atoms with van der Waals surface area (Å²) < 4.78 is 2.06. The molecule has 18 heavy (non-hydrogen) atoms. The van der Waals surface area contributed by atoms with Gasteiger partial charge >= 0.3 is 0 Å². The summed E-state index contributed by atoms with van der Waals surface area (Å²) in [6.45, 7) is 11.4. The van der Waals surface area contributed by atoms with E-state index in [0.29, 0.717) is 0 Å². The second-order valence-electron chi connectivity index (χ2n) is 5.50. The van der Waals surface area contributed by atoms with E-state index in [9.17, 15) is 5.11 Å². The number of aromatic nitrogens is 2. The van der Waals surface area contributed by atoms with Crippen molar-refractivity contribution in [1.82, 2.24) is 15.1 Å². The van der Waals surface area contributed by atoms with Gasteiger partial charge in [0.05, 0.1) is 5.69 Å². The first-order chi connectivity index (χ1) is 8.50. The van der Waals surface area contributed by atoms with Gasteiger partial charge in [-0.2, -0.15) is 5.10 Å². The van der Waals surface area contributed by atoms with E-state index < -0.39 is 0 Å². The third kappa shape index (κ3) is 4.42. The molecule has 1 rings (SSSR count). The third-order valence-corrected chi connectivity index (χ3v) is 3.61. The van der Waals surface area contributed by atoms with E-state index in [1.807, 2.05) is 6.92 Å². The lowest BCUT2D eigenvalue weighted by molar-refractivity contribution is 0.135. The zero-order valence-corrected chi connectivity index (χ0v) is 12.2. The van der Waals surface area contributed by atoms with Gasteiger partial charge in [-0.3, -0.25) is 4.68 Å². The second kappa shape index (κ2) is 6.90. The molecule has 0 radical (unpaired) electrons. The van der Waals surface area contributed by atoms with Crippen LogP contribution in [0.15, 0.2) is 6.07 Å². The fourth-order valence-corrected chi connectivity index (χ4v) is 1.94. The van der Waals surface area contributed by atoms with E-state index in [0.717, 1.165) is 38.2 Å².